The number of rotatable bonds is 4. The van der Waals surface area contributed by atoms with Gasteiger partial charge in [-0.15, -0.1) is 0 Å². The fourth-order valence-electron chi connectivity index (χ4n) is 6.47. The number of carbonyl (C=O) groups excluding carboxylic acids is 2. The van der Waals surface area contributed by atoms with Gasteiger partial charge in [-0.1, -0.05) is 0 Å². The Balaban J connectivity index is 1.32. The highest BCUT2D eigenvalue weighted by Gasteiger charge is 2.37. The molecule has 0 saturated carbocycles. The maximum absolute atomic E-state index is 12.1. The molecular weight excluding hydrogens is 408 g/mol. The van der Waals surface area contributed by atoms with E-state index in [9.17, 15) is 9.59 Å². The molecule has 0 aromatic rings. The minimum Gasteiger partial charge on any atom is -0.469 e. The van der Waals surface area contributed by atoms with Crippen LogP contribution >= 0.6 is 0 Å². The number of carbonyl (C=O) groups is 2. The lowest BCUT2D eigenvalue weighted by molar-refractivity contribution is -0.147. The van der Waals surface area contributed by atoms with Crippen LogP contribution in [0.2, 0.25) is 0 Å². The van der Waals surface area contributed by atoms with Gasteiger partial charge in [0.15, 0.2) is 0 Å². The largest absolute Gasteiger partial charge is 0.469 e. The summed E-state index contributed by atoms with van der Waals surface area (Å²) in [5.74, 6) is -0.00266. The minimum atomic E-state index is -0.186. The van der Waals surface area contributed by atoms with E-state index in [1.54, 1.807) is 0 Å². The van der Waals surface area contributed by atoms with Gasteiger partial charge in [0.25, 0.3) is 0 Å². The smallest absolute Gasteiger partial charge is 0.409 e. The van der Waals surface area contributed by atoms with Gasteiger partial charge in [-0.3, -0.25) is 19.5 Å². The van der Waals surface area contributed by atoms with Crippen LogP contribution in [0.25, 0.3) is 0 Å². The van der Waals surface area contributed by atoms with Crippen molar-refractivity contribution < 1.29 is 19.1 Å². The van der Waals surface area contributed by atoms with E-state index in [1.165, 1.54) is 52.9 Å². The van der Waals surface area contributed by atoms with Crippen molar-refractivity contribution in [1.29, 1.82) is 0 Å². The molecule has 4 atom stereocenters. The van der Waals surface area contributed by atoms with Crippen LogP contribution in [0, 0.1) is 5.92 Å². The van der Waals surface area contributed by atoms with E-state index in [4.69, 9.17) is 9.47 Å². The Bertz CT molecular complexity index is 593. The molecule has 4 aliphatic heterocycles. The van der Waals surface area contributed by atoms with Crippen molar-refractivity contribution in [1.82, 2.24) is 19.6 Å². The summed E-state index contributed by atoms with van der Waals surface area (Å²) in [6, 6.07) is 1.60. The molecule has 8 nitrogen and oxygen atoms in total. The Morgan fingerprint density at radius 3 is 1.69 bits per heavy atom. The van der Waals surface area contributed by atoms with Crippen LogP contribution in [0.5, 0.6) is 0 Å². The van der Waals surface area contributed by atoms with Crippen molar-refractivity contribution in [3.63, 3.8) is 0 Å². The van der Waals surface area contributed by atoms with Gasteiger partial charge in [0.05, 0.1) is 20.1 Å². The van der Waals surface area contributed by atoms with Crippen molar-refractivity contribution >= 4 is 12.1 Å². The van der Waals surface area contributed by atoms with Gasteiger partial charge >= 0.3 is 12.1 Å². The monoisotopic (exact) mass is 450 g/mol. The van der Waals surface area contributed by atoms with E-state index in [0.29, 0.717) is 18.1 Å². The van der Waals surface area contributed by atoms with Gasteiger partial charge in [-0.25, -0.2) is 4.79 Å². The first-order chi connectivity index (χ1) is 15.6. The van der Waals surface area contributed by atoms with Gasteiger partial charge in [-0.05, 0) is 71.0 Å². The molecule has 1 amide bonds. The minimum absolute atomic E-state index is 0.0401. The molecule has 8 heteroatoms. The molecule has 182 valence electrons. The second-order valence-corrected chi connectivity index (χ2v) is 10.2. The summed E-state index contributed by atoms with van der Waals surface area (Å²) in [5, 5.41) is 0. The predicted octanol–water partition coefficient (Wildman–Crippen LogP) is 2.03. The van der Waals surface area contributed by atoms with Crippen LogP contribution in [0.3, 0.4) is 0 Å². The van der Waals surface area contributed by atoms with Gasteiger partial charge in [0.1, 0.15) is 0 Å². The molecule has 0 aliphatic carbocycles. The molecule has 0 aromatic carbocycles. The number of methoxy groups -OCH3 is 2. The summed E-state index contributed by atoms with van der Waals surface area (Å²) in [6.45, 7) is 8.12. The topological polar surface area (TPSA) is 65.6 Å². The number of ether oxygens (including phenoxy) is 2. The van der Waals surface area contributed by atoms with Crippen molar-refractivity contribution in [2.45, 2.75) is 69.5 Å². The number of hydrogen-bond acceptors (Lipinski definition) is 7. The standard InChI is InChI=1S/C24H42N4O4/c1-31-23(29)19-7-3-11-25(15-19)20-8-4-12-26(16-20)21-9-5-13-27(17-21)22-10-6-14-28(18-22)24(30)32-2/h19-22H,3-18H2,1-2H3/t19-,20-,21-,22-/m0/s1. The van der Waals surface area contributed by atoms with Crippen molar-refractivity contribution in [3.05, 3.63) is 0 Å². The van der Waals surface area contributed by atoms with Crippen molar-refractivity contribution in [3.8, 4) is 0 Å². The van der Waals surface area contributed by atoms with Crippen LogP contribution in [0.4, 0.5) is 4.79 Å². The summed E-state index contributed by atoms with van der Waals surface area (Å²) in [6.07, 6.45) is 9.06. The maximum atomic E-state index is 12.1. The predicted molar refractivity (Wildman–Crippen MR) is 123 cm³/mol. The normalized spacial score (nSPS) is 33.6. The van der Waals surface area contributed by atoms with Crippen LogP contribution in [-0.4, -0.2) is 116 Å². The molecule has 0 aromatic heterocycles. The summed E-state index contributed by atoms with van der Waals surface area (Å²) in [5.41, 5.74) is 0. The number of likely N-dealkylation sites (tertiary alicyclic amines) is 4. The first kappa shape index (κ1) is 23.8. The number of nitrogens with zero attached hydrogens (tertiary/aromatic N) is 4. The maximum Gasteiger partial charge on any atom is 0.409 e. The Hall–Kier alpha value is -1.38. The van der Waals surface area contributed by atoms with E-state index in [-0.39, 0.29) is 18.0 Å². The van der Waals surface area contributed by atoms with E-state index in [2.05, 4.69) is 14.7 Å². The molecule has 0 radical (unpaired) electrons. The summed E-state index contributed by atoms with van der Waals surface area (Å²) >= 11 is 0. The Kier molecular flexibility index (Phi) is 8.29. The molecule has 0 spiro atoms. The van der Waals surface area contributed by atoms with E-state index in [1.807, 2.05) is 4.90 Å². The Morgan fingerprint density at radius 2 is 1.12 bits per heavy atom. The lowest BCUT2D eigenvalue weighted by Gasteiger charge is -2.48. The van der Waals surface area contributed by atoms with E-state index >= 15 is 0 Å². The van der Waals surface area contributed by atoms with Gasteiger partial charge < -0.3 is 14.4 Å². The molecule has 4 fully saturated rings. The highest BCUT2D eigenvalue weighted by molar-refractivity contribution is 5.72. The first-order valence-corrected chi connectivity index (χ1v) is 12.7. The lowest BCUT2D eigenvalue weighted by Crippen LogP contribution is -2.59. The fourth-order valence-corrected chi connectivity index (χ4v) is 6.47. The fraction of sp³-hybridized carbons (Fsp3) is 0.917. The summed E-state index contributed by atoms with van der Waals surface area (Å²) in [7, 11) is 2.99. The average Bonchev–Trinajstić information content (AvgIpc) is 2.88. The Morgan fingerprint density at radius 1 is 0.625 bits per heavy atom. The molecule has 0 N–H and O–H groups in total. The van der Waals surface area contributed by atoms with E-state index in [0.717, 1.165) is 65.1 Å². The zero-order chi connectivity index (χ0) is 22.5. The second kappa shape index (κ2) is 11.2. The lowest BCUT2D eigenvalue weighted by atomic mass is 9.92. The van der Waals surface area contributed by atoms with Crippen LogP contribution < -0.4 is 0 Å². The third-order valence-corrected chi connectivity index (χ3v) is 8.22. The molecule has 4 heterocycles. The molecule has 4 saturated heterocycles. The van der Waals surface area contributed by atoms with Crippen LogP contribution in [-0.2, 0) is 14.3 Å². The second-order valence-electron chi connectivity index (χ2n) is 10.2. The SMILES string of the molecule is COC(=O)[C@H]1CCCN([C@H]2CCCN([C@H]3CCCN([C@H]4CCCN(C(=O)OC)C4)C3)C2)C1. The third kappa shape index (κ3) is 5.57. The van der Waals surface area contributed by atoms with Gasteiger partial charge in [-0.2, -0.15) is 0 Å². The van der Waals surface area contributed by atoms with Crippen molar-refractivity contribution in [2.24, 2.45) is 5.92 Å². The van der Waals surface area contributed by atoms with E-state index < -0.39 is 0 Å². The molecular formula is C24H42N4O4. The van der Waals surface area contributed by atoms with Gasteiger partial charge in [0, 0.05) is 50.8 Å². The number of amides is 1. The number of hydrogen-bond donors (Lipinski definition) is 0. The van der Waals surface area contributed by atoms with Crippen LogP contribution in [0.15, 0.2) is 0 Å². The molecule has 4 rings (SSSR count). The molecule has 4 aliphatic rings. The Labute approximate surface area is 193 Å². The highest BCUT2D eigenvalue weighted by atomic mass is 16.5. The molecule has 0 bridgehead atoms. The number of piperidine rings is 4. The number of esters is 1. The van der Waals surface area contributed by atoms with Crippen molar-refractivity contribution in [2.75, 3.05) is 66.6 Å². The zero-order valence-corrected chi connectivity index (χ0v) is 20.0. The quantitative estimate of drug-likeness (QED) is 0.607. The first-order valence-electron chi connectivity index (χ1n) is 12.7. The highest BCUT2D eigenvalue weighted by Crippen LogP contribution is 2.28. The van der Waals surface area contributed by atoms with Crippen LogP contribution in [0.1, 0.15) is 51.4 Å². The third-order valence-electron chi connectivity index (χ3n) is 8.22. The average molecular weight is 451 g/mol. The molecule has 0 unspecified atom stereocenters. The molecule has 32 heavy (non-hydrogen) atoms. The summed E-state index contributed by atoms with van der Waals surface area (Å²) < 4.78 is 9.99. The zero-order valence-electron chi connectivity index (χ0n) is 20.0. The summed E-state index contributed by atoms with van der Waals surface area (Å²) in [4.78, 5) is 33.9. The van der Waals surface area contributed by atoms with Gasteiger partial charge in [0.2, 0.25) is 0 Å².